The number of esters is 1. The summed E-state index contributed by atoms with van der Waals surface area (Å²) in [5.41, 5.74) is 1.92. The lowest BCUT2D eigenvalue weighted by Gasteiger charge is -2.51. The number of benzene rings is 1. The molecule has 2 bridgehead atoms. The van der Waals surface area contributed by atoms with E-state index in [1.807, 2.05) is 30.5 Å². The van der Waals surface area contributed by atoms with Crippen LogP contribution in [0.2, 0.25) is 0 Å². The number of hydrogen-bond donors (Lipinski definition) is 0. The van der Waals surface area contributed by atoms with E-state index >= 15 is 0 Å². The number of nitrogens with zero attached hydrogens (tertiary/aromatic N) is 2. The molecule has 1 aromatic heterocycles. The molecule has 5 nitrogen and oxygen atoms in total. The SMILES string of the molecule is CC[C@@H]1CN2CC[C@H]1C[C@@H]2[C@H](OC(C)=O)c1ccnc2ccc(OC)cc12. The number of ether oxygens (including phenoxy) is 2. The summed E-state index contributed by atoms with van der Waals surface area (Å²) in [6, 6.07) is 8.10. The minimum absolute atomic E-state index is 0.229. The van der Waals surface area contributed by atoms with Gasteiger partial charge in [-0.2, -0.15) is 0 Å². The average Bonchev–Trinajstić information content (AvgIpc) is 2.71. The third kappa shape index (κ3) is 3.41. The second-order valence-corrected chi connectivity index (χ2v) is 7.83. The summed E-state index contributed by atoms with van der Waals surface area (Å²) >= 11 is 0. The first-order chi connectivity index (χ1) is 13.1. The Bertz CT molecular complexity index is 837. The van der Waals surface area contributed by atoms with Gasteiger partial charge in [-0.25, -0.2) is 0 Å². The number of aromatic nitrogens is 1. The van der Waals surface area contributed by atoms with E-state index in [0.717, 1.165) is 53.6 Å². The molecule has 0 aliphatic carbocycles. The lowest BCUT2D eigenvalue weighted by Crippen LogP contribution is -2.55. The van der Waals surface area contributed by atoms with Crippen LogP contribution in [-0.4, -0.2) is 42.1 Å². The van der Waals surface area contributed by atoms with Crippen LogP contribution in [0.1, 0.15) is 44.8 Å². The molecule has 3 saturated heterocycles. The molecule has 3 fully saturated rings. The van der Waals surface area contributed by atoms with Gasteiger partial charge in [0.1, 0.15) is 11.9 Å². The summed E-state index contributed by atoms with van der Waals surface area (Å²) in [6.07, 6.45) is 5.10. The highest BCUT2D eigenvalue weighted by molar-refractivity contribution is 5.84. The van der Waals surface area contributed by atoms with Gasteiger partial charge in [0.05, 0.1) is 18.7 Å². The molecule has 144 valence electrons. The molecule has 4 heterocycles. The Morgan fingerprint density at radius 3 is 2.89 bits per heavy atom. The van der Waals surface area contributed by atoms with Crippen molar-refractivity contribution in [2.45, 2.75) is 45.3 Å². The highest BCUT2D eigenvalue weighted by Crippen LogP contribution is 2.44. The molecule has 1 aromatic carbocycles. The Kier molecular flexibility index (Phi) is 5.04. The van der Waals surface area contributed by atoms with Crippen molar-refractivity contribution in [1.82, 2.24) is 9.88 Å². The van der Waals surface area contributed by atoms with Crippen molar-refractivity contribution in [3.8, 4) is 5.75 Å². The molecule has 5 atom stereocenters. The van der Waals surface area contributed by atoms with Gasteiger partial charge in [-0.3, -0.25) is 14.7 Å². The fraction of sp³-hybridized carbons (Fsp3) is 0.545. The molecule has 0 spiro atoms. The van der Waals surface area contributed by atoms with Gasteiger partial charge in [0.25, 0.3) is 0 Å². The monoisotopic (exact) mass is 368 g/mol. The van der Waals surface area contributed by atoms with Gasteiger partial charge >= 0.3 is 5.97 Å². The van der Waals surface area contributed by atoms with E-state index in [4.69, 9.17) is 9.47 Å². The Hall–Kier alpha value is -2.14. The minimum atomic E-state index is -0.277. The molecule has 1 unspecified atom stereocenters. The van der Waals surface area contributed by atoms with E-state index in [-0.39, 0.29) is 18.1 Å². The van der Waals surface area contributed by atoms with Crippen LogP contribution in [0.15, 0.2) is 30.5 Å². The largest absolute Gasteiger partial charge is 0.497 e. The molecular weight excluding hydrogens is 340 g/mol. The topological polar surface area (TPSA) is 51.7 Å². The number of fused-ring (bicyclic) bond motifs is 4. The van der Waals surface area contributed by atoms with Crippen LogP contribution >= 0.6 is 0 Å². The third-order valence-corrected chi connectivity index (χ3v) is 6.39. The van der Waals surface area contributed by atoms with E-state index in [0.29, 0.717) is 0 Å². The zero-order valence-electron chi connectivity index (χ0n) is 16.4. The zero-order chi connectivity index (χ0) is 19.0. The van der Waals surface area contributed by atoms with Crippen molar-refractivity contribution >= 4 is 16.9 Å². The number of hydrogen-bond acceptors (Lipinski definition) is 5. The quantitative estimate of drug-likeness (QED) is 0.748. The van der Waals surface area contributed by atoms with E-state index in [9.17, 15) is 4.79 Å². The van der Waals surface area contributed by atoms with E-state index in [1.54, 1.807) is 7.11 Å². The Morgan fingerprint density at radius 2 is 2.22 bits per heavy atom. The van der Waals surface area contributed by atoms with Gasteiger partial charge < -0.3 is 9.47 Å². The molecule has 0 radical (unpaired) electrons. The predicted octanol–water partition coefficient (Wildman–Crippen LogP) is 3.97. The number of carbonyl (C=O) groups is 1. The zero-order valence-corrected chi connectivity index (χ0v) is 16.4. The van der Waals surface area contributed by atoms with Crippen LogP contribution < -0.4 is 4.74 Å². The summed E-state index contributed by atoms with van der Waals surface area (Å²) in [7, 11) is 1.66. The van der Waals surface area contributed by atoms with Crippen molar-refractivity contribution in [2.75, 3.05) is 20.2 Å². The van der Waals surface area contributed by atoms with Crippen molar-refractivity contribution in [3.05, 3.63) is 36.0 Å². The van der Waals surface area contributed by atoms with Crippen LogP contribution in [0.25, 0.3) is 10.9 Å². The fourth-order valence-electron chi connectivity index (χ4n) is 5.01. The molecule has 2 aromatic rings. The normalized spacial score (nSPS) is 28.1. The first-order valence-corrected chi connectivity index (χ1v) is 9.94. The summed E-state index contributed by atoms with van der Waals surface area (Å²) in [4.78, 5) is 19.0. The van der Waals surface area contributed by atoms with Crippen molar-refractivity contribution in [1.29, 1.82) is 0 Å². The van der Waals surface area contributed by atoms with Crippen LogP contribution in [0.4, 0.5) is 0 Å². The summed E-state index contributed by atoms with van der Waals surface area (Å²) < 4.78 is 11.3. The van der Waals surface area contributed by atoms with Gasteiger partial charge in [-0.1, -0.05) is 13.3 Å². The smallest absolute Gasteiger partial charge is 0.303 e. The van der Waals surface area contributed by atoms with Crippen molar-refractivity contribution < 1.29 is 14.3 Å². The standard InChI is InChI=1S/C22H28N2O3/c1-4-15-13-24-10-8-16(15)11-21(24)22(27-14(2)25)18-7-9-23-20-6-5-17(26-3)12-19(18)20/h5-7,9,12,15-16,21-22H,4,8,10-11,13H2,1-3H3/t15-,16+,21-,22-/m1/s1. The van der Waals surface area contributed by atoms with Crippen molar-refractivity contribution in [3.63, 3.8) is 0 Å². The number of piperidine rings is 3. The average molecular weight is 368 g/mol. The molecule has 27 heavy (non-hydrogen) atoms. The maximum atomic E-state index is 12.0. The van der Waals surface area contributed by atoms with Crippen LogP contribution in [0.5, 0.6) is 5.75 Å². The Morgan fingerprint density at radius 1 is 1.37 bits per heavy atom. The highest BCUT2D eigenvalue weighted by atomic mass is 16.5. The fourth-order valence-corrected chi connectivity index (χ4v) is 5.01. The molecule has 5 heteroatoms. The number of carbonyl (C=O) groups excluding carboxylic acids is 1. The van der Waals surface area contributed by atoms with Crippen LogP contribution in [0, 0.1) is 11.8 Å². The highest BCUT2D eigenvalue weighted by Gasteiger charge is 2.44. The molecule has 0 saturated carbocycles. The second kappa shape index (κ2) is 7.47. The lowest BCUT2D eigenvalue weighted by molar-refractivity contribution is -0.155. The summed E-state index contributed by atoms with van der Waals surface area (Å²) in [6.45, 7) is 5.99. The Balaban J connectivity index is 1.75. The van der Waals surface area contributed by atoms with E-state index in [1.165, 1.54) is 19.8 Å². The first-order valence-electron chi connectivity index (χ1n) is 9.94. The summed E-state index contributed by atoms with van der Waals surface area (Å²) in [5, 5.41) is 0.998. The lowest BCUT2D eigenvalue weighted by atomic mass is 9.72. The van der Waals surface area contributed by atoms with Crippen molar-refractivity contribution in [2.24, 2.45) is 11.8 Å². The molecule has 5 rings (SSSR count). The van der Waals surface area contributed by atoms with E-state index in [2.05, 4.69) is 16.8 Å². The van der Waals surface area contributed by atoms with E-state index < -0.39 is 0 Å². The first kappa shape index (κ1) is 18.2. The number of methoxy groups -OCH3 is 1. The maximum Gasteiger partial charge on any atom is 0.303 e. The predicted molar refractivity (Wildman–Crippen MR) is 105 cm³/mol. The van der Waals surface area contributed by atoms with Gasteiger partial charge in [0.15, 0.2) is 0 Å². The molecule has 0 N–H and O–H groups in total. The Labute approximate surface area is 160 Å². The third-order valence-electron chi connectivity index (χ3n) is 6.39. The number of rotatable bonds is 5. The molecule has 3 aliphatic rings. The molecule has 0 amide bonds. The van der Waals surface area contributed by atoms with Gasteiger partial charge in [-0.05, 0) is 55.5 Å². The number of pyridine rings is 1. The van der Waals surface area contributed by atoms with Crippen LogP contribution in [-0.2, 0) is 9.53 Å². The maximum absolute atomic E-state index is 12.0. The van der Waals surface area contributed by atoms with Crippen LogP contribution in [0.3, 0.4) is 0 Å². The van der Waals surface area contributed by atoms with Gasteiger partial charge in [0.2, 0.25) is 0 Å². The van der Waals surface area contributed by atoms with Gasteiger partial charge in [0, 0.05) is 30.6 Å². The second-order valence-electron chi connectivity index (χ2n) is 7.83. The van der Waals surface area contributed by atoms with Gasteiger partial charge in [-0.15, -0.1) is 0 Å². The summed E-state index contributed by atoms with van der Waals surface area (Å²) in [5.74, 6) is 2.05. The minimum Gasteiger partial charge on any atom is -0.497 e. The molecular formula is C22H28N2O3. The molecule has 3 aliphatic heterocycles.